The molecule has 1 N–H and O–H groups in total. The average Bonchev–Trinajstić information content (AvgIpc) is 2.91. The molecule has 1 fully saturated rings. The second kappa shape index (κ2) is 6.69. The molecule has 1 saturated carbocycles. The highest BCUT2D eigenvalue weighted by molar-refractivity contribution is 7.07. The van der Waals surface area contributed by atoms with Gasteiger partial charge in [-0.25, -0.2) is 0 Å². The number of rotatable bonds is 6. The minimum atomic E-state index is 0.0179. The predicted molar refractivity (Wildman–Crippen MR) is 78.2 cm³/mol. The third-order valence-corrected chi connectivity index (χ3v) is 4.64. The molecule has 1 aromatic heterocycles. The Balaban J connectivity index is 2.24. The van der Waals surface area contributed by atoms with Crippen LogP contribution >= 0.6 is 11.3 Å². The van der Waals surface area contributed by atoms with Crippen LogP contribution in [-0.4, -0.2) is 18.8 Å². The molecule has 0 bridgehead atoms. The van der Waals surface area contributed by atoms with Crippen molar-refractivity contribution in [1.29, 1.82) is 0 Å². The zero-order valence-corrected chi connectivity index (χ0v) is 12.4. The number of thiophene rings is 1. The molecule has 0 radical (unpaired) electrons. The highest BCUT2D eigenvalue weighted by Gasteiger charge is 2.41. The van der Waals surface area contributed by atoms with Gasteiger partial charge in [0.1, 0.15) is 0 Å². The van der Waals surface area contributed by atoms with Gasteiger partial charge in [0, 0.05) is 6.61 Å². The first-order valence-corrected chi connectivity index (χ1v) is 8.16. The quantitative estimate of drug-likeness (QED) is 0.836. The first-order chi connectivity index (χ1) is 8.82. The monoisotopic (exact) mass is 267 g/mol. The van der Waals surface area contributed by atoms with E-state index in [0.717, 1.165) is 13.2 Å². The van der Waals surface area contributed by atoms with Gasteiger partial charge in [0.25, 0.3) is 0 Å². The van der Waals surface area contributed by atoms with Crippen LogP contribution in [0.5, 0.6) is 0 Å². The molecular formula is C15H25NOS. The van der Waals surface area contributed by atoms with Crippen LogP contribution < -0.4 is 5.32 Å². The Morgan fingerprint density at radius 1 is 1.33 bits per heavy atom. The Bertz CT molecular complexity index is 325. The number of ether oxygens (including phenoxy) is 1. The molecule has 2 rings (SSSR count). The second-order valence-corrected chi connectivity index (χ2v) is 5.89. The second-order valence-electron chi connectivity index (χ2n) is 5.11. The molecule has 18 heavy (non-hydrogen) atoms. The fourth-order valence-corrected chi connectivity index (χ4v) is 3.89. The minimum absolute atomic E-state index is 0.0179. The molecular weight excluding hydrogens is 242 g/mol. The number of nitrogens with one attached hydrogen (secondary N) is 1. The van der Waals surface area contributed by atoms with Crippen LogP contribution in [0.15, 0.2) is 16.8 Å². The molecule has 0 amide bonds. The van der Waals surface area contributed by atoms with Crippen molar-refractivity contribution in [2.45, 2.75) is 57.6 Å². The summed E-state index contributed by atoms with van der Waals surface area (Å²) in [5.74, 6) is 0. The standard InChI is InChI=1S/C15H25NOS/c1-3-16-14(13-8-11-18-12-13)15(17-4-2)9-6-5-7-10-15/h8,11-12,14,16H,3-7,9-10H2,1-2H3. The molecule has 1 atom stereocenters. The fourth-order valence-electron chi connectivity index (χ4n) is 3.21. The summed E-state index contributed by atoms with van der Waals surface area (Å²) in [5, 5.41) is 8.10. The molecule has 0 aliphatic heterocycles. The van der Waals surface area contributed by atoms with E-state index in [0.29, 0.717) is 6.04 Å². The van der Waals surface area contributed by atoms with Crippen molar-refractivity contribution < 1.29 is 4.74 Å². The van der Waals surface area contributed by atoms with Crippen LogP contribution in [0.4, 0.5) is 0 Å². The SMILES string of the molecule is CCNC(c1ccsc1)C1(OCC)CCCCC1. The van der Waals surface area contributed by atoms with Gasteiger partial charge in [-0.3, -0.25) is 0 Å². The summed E-state index contributed by atoms with van der Waals surface area (Å²) in [6.07, 6.45) is 6.33. The van der Waals surface area contributed by atoms with E-state index in [1.807, 2.05) is 0 Å². The fraction of sp³-hybridized carbons (Fsp3) is 0.733. The average molecular weight is 267 g/mol. The normalized spacial score (nSPS) is 20.8. The van der Waals surface area contributed by atoms with E-state index in [1.165, 1.54) is 37.7 Å². The van der Waals surface area contributed by atoms with Crippen molar-refractivity contribution >= 4 is 11.3 Å². The Kier molecular flexibility index (Phi) is 5.22. The van der Waals surface area contributed by atoms with Crippen molar-refractivity contribution in [1.82, 2.24) is 5.32 Å². The van der Waals surface area contributed by atoms with Gasteiger partial charge >= 0.3 is 0 Å². The molecule has 1 unspecified atom stereocenters. The summed E-state index contributed by atoms with van der Waals surface area (Å²) in [7, 11) is 0. The Labute approximate surface area is 115 Å². The van der Waals surface area contributed by atoms with Crippen LogP contribution in [0.3, 0.4) is 0 Å². The summed E-state index contributed by atoms with van der Waals surface area (Å²) in [6.45, 7) is 6.11. The van der Waals surface area contributed by atoms with Crippen LogP contribution in [0.2, 0.25) is 0 Å². The Hall–Kier alpha value is -0.380. The molecule has 3 heteroatoms. The highest BCUT2D eigenvalue weighted by Crippen LogP contribution is 2.42. The van der Waals surface area contributed by atoms with Gasteiger partial charge < -0.3 is 10.1 Å². The lowest BCUT2D eigenvalue weighted by molar-refractivity contribution is -0.0909. The van der Waals surface area contributed by atoms with E-state index < -0.39 is 0 Å². The predicted octanol–water partition coefficient (Wildman–Crippen LogP) is 4.14. The van der Waals surface area contributed by atoms with E-state index in [9.17, 15) is 0 Å². The van der Waals surface area contributed by atoms with E-state index in [1.54, 1.807) is 11.3 Å². The largest absolute Gasteiger partial charge is 0.373 e. The zero-order valence-electron chi connectivity index (χ0n) is 11.6. The van der Waals surface area contributed by atoms with Crippen molar-refractivity contribution in [3.05, 3.63) is 22.4 Å². The molecule has 0 aromatic carbocycles. The topological polar surface area (TPSA) is 21.3 Å². The number of hydrogen-bond donors (Lipinski definition) is 1. The summed E-state index contributed by atoms with van der Waals surface area (Å²) in [4.78, 5) is 0. The zero-order chi connectivity index (χ0) is 12.8. The molecule has 102 valence electrons. The van der Waals surface area contributed by atoms with E-state index in [-0.39, 0.29) is 5.60 Å². The van der Waals surface area contributed by atoms with Gasteiger partial charge in [-0.15, -0.1) is 0 Å². The summed E-state index contributed by atoms with van der Waals surface area (Å²) < 4.78 is 6.25. The highest BCUT2D eigenvalue weighted by atomic mass is 32.1. The Morgan fingerprint density at radius 3 is 2.67 bits per heavy atom. The maximum absolute atomic E-state index is 6.25. The first-order valence-electron chi connectivity index (χ1n) is 7.22. The lowest BCUT2D eigenvalue weighted by Crippen LogP contribution is -2.47. The molecule has 0 saturated heterocycles. The van der Waals surface area contributed by atoms with Crippen LogP contribution in [0.25, 0.3) is 0 Å². The number of hydrogen-bond acceptors (Lipinski definition) is 3. The van der Waals surface area contributed by atoms with Crippen LogP contribution in [0.1, 0.15) is 57.6 Å². The van der Waals surface area contributed by atoms with Gasteiger partial charge in [0.15, 0.2) is 0 Å². The molecule has 1 heterocycles. The van der Waals surface area contributed by atoms with Gasteiger partial charge in [-0.05, 0) is 48.7 Å². The van der Waals surface area contributed by atoms with Crippen LogP contribution in [-0.2, 0) is 4.74 Å². The first kappa shape index (κ1) is 14.0. The third-order valence-electron chi connectivity index (χ3n) is 3.94. The summed E-state index contributed by atoms with van der Waals surface area (Å²) in [5.41, 5.74) is 1.42. The van der Waals surface area contributed by atoms with Crippen LogP contribution in [0, 0.1) is 0 Å². The van der Waals surface area contributed by atoms with E-state index >= 15 is 0 Å². The molecule has 1 aromatic rings. The lowest BCUT2D eigenvalue weighted by Gasteiger charge is -2.43. The van der Waals surface area contributed by atoms with Crippen molar-refractivity contribution in [3.8, 4) is 0 Å². The maximum Gasteiger partial charge on any atom is 0.0876 e. The van der Waals surface area contributed by atoms with Gasteiger partial charge in [-0.1, -0.05) is 26.2 Å². The number of likely N-dealkylation sites (N-methyl/N-ethyl adjacent to an activating group) is 1. The maximum atomic E-state index is 6.25. The Morgan fingerprint density at radius 2 is 2.11 bits per heavy atom. The molecule has 1 aliphatic rings. The minimum Gasteiger partial charge on any atom is -0.373 e. The smallest absolute Gasteiger partial charge is 0.0876 e. The molecule has 0 spiro atoms. The third kappa shape index (κ3) is 2.95. The lowest BCUT2D eigenvalue weighted by atomic mass is 9.77. The van der Waals surface area contributed by atoms with Crippen molar-refractivity contribution in [3.63, 3.8) is 0 Å². The molecule has 1 aliphatic carbocycles. The van der Waals surface area contributed by atoms with Crippen molar-refractivity contribution in [2.75, 3.05) is 13.2 Å². The van der Waals surface area contributed by atoms with Gasteiger partial charge in [-0.2, -0.15) is 11.3 Å². The summed E-state index contributed by atoms with van der Waals surface area (Å²) in [6, 6.07) is 2.60. The van der Waals surface area contributed by atoms with Gasteiger partial charge in [0.2, 0.25) is 0 Å². The molecule has 2 nitrogen and oxygen atoms in total. The van der Waals surface area contributed by atoms with E-state index in [2.05, 4.69) is 36.0 Å². The van der Waals surface area contributed by atoms with Gasteiger partial charge in [0.05, 0.1) is 11.6 Å². The van der Waals surface area contributed by atoms with Crippen molar-refractivity contribution in [2.24, 2.45) is 0 Å². The summed E-state index contributed by atoms with van der Waals surface area (Å²) >= 11 is 1.78. The van der Waals surface area contributed by atoms with E-state index in [4.69, 9.17) is 4.74 Å².